The quantitative estimate of drug-likeness (QED) is 0.0982. The third-order valence-electron chi connectivity index (χ3n) is 13.5. The first-order chi connectivity index (χ1) is 37.8. The first-order valence-corrected chi connectivity index (χ1v) is 23.2. The Morgan fingerprint density at radius 1 is 0.237 bits per heavy atom. The fourth-order valence-electron chi connectivity index (χ4n) is 10.0. The molecule has 0 N–H and O–H groups in total. The van der Waals surface area contributed by atoms with Gasteiger partial charge in [-0.15, -0.1) is 0 Å². The fraction of sp³-hybridized carbons (Fsp3) is 0. The Morgan fingerprint density at radius 2 is 0.588 bits per heavy atom. The van der Waals surface area contributed by atoms with Gasteiger partial charge in [0.05, 0.1) is 15.6 Å². The summed E-state index contributed by atoms with van der Waals surface area (Å²) in [6.07, 6.45) is 0. The van der Waals surface area contributed by atoms with E-state index < -0.39 is 137 Å². The number of benzene rings is 9. The molecule has 400 valence electrons. The van der Waals surface area contributed by atoms with Gasteiger partial charge in [-0.1, -0.05) is 24.3 Å². The summed E-state index contributed by atoms with van der Waals surface area (Å²) in [5, 5.41) is 3.49. The highest BCUT2D eigenvalue weighted by Crippen LogP contribution is 2.42. The van der Waals surface area contributed by atoms with Crippen molar-refractivity contribution in [2.24, 2.45) is 0 Å². The minimum Gasteiger partial charge on any atom is -0.289 e. The Balaban J connectivity index is 0.000000155. The van der Waals surface area contributed by atoms with E-state index in [9.17, 15) is 75.4 Å². The summed E-state index contributed by atoms with van der Waals surface area (Å²) in [4.78, 5) is 25.1. The van der Waals surface area contributed by atoms with Crippen LogP contribution in [0.4, 0.5) is 83.4 Å². The summed E-state index contributed by atoms with van der Waals surface area (Å²) in [7, 11) is 0. The maximum absolute atomic E-state index is 15.2. The highest BCUT2D eigenvalue weighted by Gasteiger charge is 2.35. The first kappa shape index (κ1) is 53.2. The first-order valence-electron chi connectivity index (χ1n) is 22.4. The highest BCUT2D eigenvalue weighted by molar-refractivity contribution is 9.10. The van der Waals surface area contributed by atoms with Crippen molar-refractivity contribution in [3.8, 4) is 11.1 Å². The molecule has 13 rings (SSSR count). The van der Waals surface area contributed by atoms with Gasteiger partial charge in [0.2, 0.25) is 17.5 Å². The maximum Gasteiger partial charge on any atom is 0.200 e. The molecule has 2 aliphatic carbocycles. The lowest BCUT2D eigenvalue weighted by Gasteiger charge is -2.13. The van der Waals surface area contributed by atoms with E-state index in [1.807, 2.05) is 0 Å². The van der Waals surface area contributed by atoms with E-state index in [0.717, 1.165) is 42.5 Å². The van der Waals surface area contributed by atoms with Crippen LogP contribution in [0.5, 0.6) is 0 Å². The average molecular weight is 1190 g/mol. The van der Waals surface area contributed by atoms with Crippen molar-refractivity contribution in [2.45, 2.75) is 0 Å². The molecule has 0 heterocycles. The molecule has 0 unspecified atom stereocenters. The van der Waals surface area contributed by atoms with Crippen LogP contribution in [0.1, 0.15) is 22.3 Å². The van der Waals surface area contributed by atoms with Crippen LogP contribution in [-0.2, 0) is 0 Å². The Bertz CT molecular complexity index is 4740. The minimum atomic E-state index is -2.46. The molecular weight excluding hydrogens is 1170 g/mol. The second-order valence-electron chi connectivity index (χ2n) is 17.8. The van der Waals surface area contributed by atoms with E-state index in [-0.39, 0.29) is 54.0 Å². The second-order valence-corrected chi connectivity index (χ2v) is 18.6. The summed E-state index contributed by atoms with van der Waals surface area (Å²) in [6, 6.07) is 19.5. The molecule has 0 bridgehead atoms. The lowest BCUT2D eigenvalue weighted by molar-refractivity contribution is 0.374. The molecule has 11 aromatic rings. The van der Waals surface area contributed by atoms with E-state index >= 15 is 17.6 Å². The minimum absolute atomic E-state index is 0.0339. The molecule has 0 radical (unpaired) electrons. The van der Waals surface area contributed by atoms with Crippen molar-refractivity contribution in [1.82, 2.24) is 0 Å². The predicted molar refractivity (Wildman–Crippen MR) is 256 cm³/mol. The predicted octanol–water partition coefficient (Wildman–Crippen LogP) is 14.7. The number of hydrogen-bond donors (Lipinski definition) is 0. The lowest BCUT2D eigenvalue weighted by Crippen LogP contribution is -2.15. The largest absolute Gasteiger partial charge is 0.289 e. The van der Waals surface area contributed by atoms with Crippen LogP contribution in [0.15, 0.2) is 111 Å². The summed E-state index contributed by atoms with van der Waals surface area (Å²) in [5.74, 6) is -35.9. The van der Waals surface area contributed by atoms with Crippen molar-refractivity contribution in [2.75, 3.05) is 0 Å². The van der Waals surface area contributed by atoms with Crippen molar-refractivity contribution in [1.29, 1.82) is 0 Å². The zero-order valence-electron chi connectivity index (χ0n) is 38.6. The summed E-state index contributed by atoms with van der Waals surface area (Å²) < 4.78 is 262. The SMILES string of the molecule is Fc1c(F)c(F)c(Br)c(F)c1F.Fc1ccc2c(c1)C(c1c(F)c(F)c(F)c(F)c1F)=c1cc3c(cc1-2)=c1ccc(F)cc1=C3c1c(F)c(F)c(F)c(F)c1F.O=c1c2cc(F)ccc2c2cc3c(cc12)c(=O)c1cc(F)ccc13. The average Bonchev–Trinajstić information content (AvgIpc) is 4.20. The van der Waals surface area contributed by atoms with Gasteiger partial charge in [0.25, 0.3) is 0 Å². The molecular formula is C58H16BrF19O2. The summed E-state index contributed by atoms with van der Waals surface area (Å²) in [5.41, 5.74) is -5.46. The van der Waals surface area contributed by atoms with Gasteiger partial charge in [-0.2, -0.15) is 0 Å². The third-order valence-corrected chi connectivity index (χ3v) is 14.2. The standard InChI is InChI=1S/C32H8F12.C20H8F2O2.C6BrF5/c33-9-1-3-11-13-7-14-12-4-2-10(34)6-16(12)20(22-25(37)29(41)32(44)30(42)26(22)38)18(14)8-17(13)19(15(11)5-9)21-23(35)27(39)31(43)28(40)24(21)36;21-9-1-3-11-13-7-14-12-4-2-10(22)6-16(12)20(24)18(14)8-17(13)19(23)15(11)5-9;7-1-2(8)4(10)6(12)5(11)3(1)9/h1-8H;1-8H;. The van der Waals surface area contributed by atoms with E-state index in [1.54, 1.807) is 24.3 Å². The third kappa shape index (κ3) is 7.80. The summed E-state index contributed by atoms with van der Waals surface area (Å²) >= 11 is 2.22. The summed E-state index contributed by atoms with van der Waals surface area (Å²) in [6.45, 7) is 0. The molecule has 2 aliphatic rings. The number of rotatable bonds is 2. The fourth-order valence-corrected chi connectivity index (χ4v) is 10.4. The molecule has 22 heteroatoms. The van der Waals surface area contributed by atoms with Gasteiger partial charge in [0.15, 0.2) is 80.7 Å². The molecule has 0 aliphatic heterocycles. The number of hydrogen-bond acceptors (Lipinski definition) is 2. The molecule has 2 nitrogen and oxygen atoms in total. The number of halogens is 20. The van der Waals surface area contributed by atoms with Crippen molar-refractivity contribution in [3.63, 3.8) is 0 Å². The van der Waals surface area contributed by atoms with E-state index in [4.69, 9.17) is 0 Å². The van der Waals surface area contributed by atoms with Crippen LogP contribution in [-0.4, -0.2) is 0 Å². The smallest absolute Gasteiger partial charge is 0.200 e. The molecule has 0 aromatic heterocycles. The Labute approximate surface area is 438 Å². The molecule has 80 heavy (non-hydrogen) atoms. The van der Waals surface area contributed by atoms with Gasteiger partial charge in [0.1, 0.15) is 23.3 Å². The molecule has 0 saturated carbocycles. The van der Waals surface area contributed by atoms with Crippen molar-refractivity contribution in [3.05, 3.63) is 276 Å². The topological polar surface area (TPSA) is 34.1 Å². The lowest BCUT2D eigenvalue weighted by atomic mass is 9.93. The van der Waals surface area contributed by atoms with Crippen LogP contribution in [0.2, 0.25) is 0 Å². The molecule has 0 saturated heterocycles. The van der Waals surface area contributed by atoms with Crippen molar-refractivity contribution >= 4 is 70.2 Å². The Hall–Kier alpha value is -8.79. The second kappa shape index (κ2) is 19.0. The zero-order chi connectivity index (χ0) is 57.6. The van der Waals surface area contributed by atoms with Gasteiger partial charge >= 0.3 is 0 Å². The molecule has 0 atom stereocenters. The van der Waals surface area contributed by atoms with Gasteiger partial charge < -0.3 is 0 Å². The van der Waals surface area contributed by atoms with E-state index in [0.29, 0.717) is 43.1 Å². The Kier molecular flexibility index (Phi) is 12.6. The Morgan fingerprint density at radius 3 is 1.06 bits per heavy atom. The highest BCUT2D eigenvalue weighted by atomic mass is 79.9. The van der Waals surface area contributed by atoms with Crippen LogP contribution >= 0.6 is 15.9 Å². The monoisotopic (exact) mass is 1180 g/mol. The normalized spacial score (nSPS) is 12.3. The van der Waals surface area contributed by atoms with Crippen LogP contribution < -0.4 is 21.3 Å². The van der Waals surface area contributed by atoms with E-state index in [2.05, 4.69) is 15.9 Å². The van der Waals surface area contributed by atoms with Crippen molar-refractivity contribution < 1.29 is 83.4 Å². The van der Waals surface area contributed by atoms with Gasteiger partial charge in [-0.05, 0) is 153 Å². The van der Waals surface area contributed by atoms with E-state index in [1.165, 1.54) is 30.3 Å². The number of fused-ring (bicyclic) bond motifs is 11. The van der Waals surface area contributed by atoms with Gasteiger partial charge in [-0.25, -0.2) is 83.4 Å². The van der Waals surface area contributed by atoms with Crippen LogP contribution in [0, 0.1) is 121 Å². The van der Waals surface area contributed by atoms with Crippen LogP contribution in [0.3, 0.4) is 0 Å². The maximum atomic E-state index is 15.2. The molecule has 0 amide bonds. The van der Waals surface area contributed by atoms with Gasteiger partial charge in [0, 0.05) is 32.7 Å². The van der Waals surface area contributed by atoms with Crippen LogP contribution in [0.25, 0.3) is 65.4 Å². The van der Waals surface area contributed by atoms with Gasteiger partial charge in [-0.3, -0.25) is 9.59 Å². The molecule has 11 aromatic carbocycles. The zero-order valence-corrected chi connectivity index (χ0v) is 40.2. The molecule has 0 spiro atoms. The molecule has 0 fully saturated rings.